The number of fused-ring (bicyclic) bond motifs is 2. The van der Waals surface area contributed by atoms with Crippen molar-refractivity contribution in [3.8, 4) is 11.4 Å². The van der Waals surface area contributed by atoms with Crippen molar-refractivity contribution < 1.29 is 14.3 Å². The summed E-state index contributed by atoms with van der Waals surface area (Å²) in [5.41, 5.74) is 3.20. The van der Waals surface area contributed by atoms with Crippen molar-refractivity contribution in [2.24, 2.45) is 0 Å². The summed E-state index contributed by atoms with van der Waals surface area (Å²) in [5, 5.41) is 0. The van der Waals surface area contributed by atoms with Gasteiger partial charge in [-0.2, -0.15) is 0 Å². The van der Waals surface area contributed by atoms with Crippen LogP contribution in [0.1, 0.15) is 30.5 Å². The van der Waals surface area contributed by atoms with Gasteiger partial charge in [0.1, 0.15) is 13.2 Å². The smallest absolute Gasteiger partial charge is 0.410 e. The molecule has 5 rings (SSSR count). The van der Waals surface area contributed by atoms with Crippen LogP contribution in [0.4, 0.5) is 4.79 Å². The van der Waals surface area contributed by atoms with Gasteiger partial charge >= 0.3 is 6.09 Å². The number of aryl methyl sites for hydroxylation is 1. The second-order valence-electron chi connectivity index (χ2n) is 8.17. The number of aromatic nitrogens is 2. The predicted molar refractivity (Wildman–Crippen MR) is 106 cm³/mol. The van der Waals surface area contributed by atoms with E-state index in [0.29, 0.717) is 19.7 Å². The molecule has 2 fully saturated rings. The molecule has 0 saturated carbocycles. The van der Waals surface area contributed by atoms with Gasteiger partial charge in [-0.05, 0) is 31.2 Å². The Balaban J connectivity index is 1.39. The lowest BCUT2D eigenvalue weighted by Gasteiger charge is -2.41. The molecular formula is C22H24N4O3. The molecule has 7 nitrogen and oxygen atoms in total. The molecule has 29 heavy (non-hydrogen) atoms. The van der Waals surface area contributed by atoms with E-state index in [1.54, 1.807) is 0 Å². The molecule has 1 aromatic heterocycles. The highest BCUT2D eigenvalue weighted by molar-refractivity contribution is 5.83. The lowest BCUT2D eigenvalue weighted by Crippen LogP contribution is -2.50. The van der Waals surface area contributed by atoms with E-state index in [0.717, 1.165) is 49.3 Å². The van der Waals surface area contributed by atoms with E-state index in [4.69, 9.17) is 9.72 Å². The Morgan fingerprint density at radius 2 is 2.03 bits per heavy atom. The summed E-state index contributed by atoms with van der Waals surface area (Å²) in [7, 11) is 0. The first-order valence-corrected chi connectivity index (χ1v) is 10.3. The first-order valence-electron chi connectivity index (χ1n) is 10.3. The number of benzene rings is 1. The summed E-state index contributed by atoms with van der Waals surface area (Å²) in [6.07, 6.45) is 5.48. The predicted octanol–water partition coefficient (Wildman–Crippen LogP) is 2.40. The molecule has 0 N–H and O–H groups in total. The Morgan fingerprint density at radius 1 is 1.17 bits per heavy atom. The molecule has 3 heterocycles. The summed E-state index contributed by atoms with van der Waals surface area (Å²) in [6, 6.07) is 10.0. The van der Waals surface area contributed by atoms with Crippen LogP contribution in [0.15, 0.2) is 36.5 Å². The van der Waals surface area contributed by atoms with E-state index in [1.165, 1.54) is 10.5 Å². The van der Waals surface area contributed by atoms with Crippen LogP contribution in [0.25, 0.3) is 11.4 Å². The summed E-state index contributed by atoms with van der Waals surface area (Å²) in [4.78, 5) is 37.5. The zero-order chi connectivity index (χ0) is 19.8. The number of cyclic esters (lactones) is 1. The lowest BCUT2D eigenvalue weighted by molar-refractivity contribution is -0.134. The fourth-order valence-corrected chi connectivity index (χ4v) is 4.84. The van der Waals surface area contributed by atoms with Crippen molar-refractivity contribution in [2.75, 3.05) is 32.8 Å². The van der Waals surface area contributed by atoms with Gasteiger partial charge in [0.05, 0.1) is 12.2 Å². The SMILES string of the molecule is O=C(CN1CCOC1=O)N1CCCC2(CCc3cnc(-c4ccccc4)nc32)C1. The normalized spacial score (nSPS) is 23.4. The topological polar surface area (TPSA) is 75.6 Å². The Kier molecular flexibility index (Phi) is 4.45. The van der Waals surface area contributed by atoms with E-state index in [9.17, 15) is 9.59 Å². The number of carbonyl (C=O) groups excluding carboxylic acids is 2. The van der Waals surface area contributed by atoms with Crippen molar-refractivity contribution in [1.29, 1.82) is 0 Å². The molecule has 0 radical (unpaired) electrons. The zero-order valence-corrected chi connectivity index (χ0v) is 16.3. The van der Waals surface area contributed by atoms with E-state index < -0.39 is 6.09 Å². The molecule has 1 unspecified atom stereocenters. The fraction of sp³-hybridized carbons (Fsp3) is 0.455. The molecule has 0 bridgehead atoms. The maximum Gasteiger partial charge on any atom is 0.410 e. The zero-order valence-electron chi connectivity index (χ0n) is 16.3. The summed E-state index contributed by atoms with van der Waals surface area (Å²) < 4.78 is 4.95. The number of amides is 2. The standard InChI is InChI=1S/C22H24N4O3/c27-18(14-25-11-12-29-21(25)28)26-10-4-8-22(15-26)9-7-17-13-23-20(24-19(17)22)16-5-2-1-3-6-16/h1-3,5-6,13H,4,7-12,14-15H2. The highest BCUT2D eigenvalue weighted by Gasteiger charge is 2.45. The molecule has 7 heteroatoms. The van der Waals surface area contributed by atoms with Gasteiger partial charge in [0, 0.05) is 30.3 Å². The molecule has 2 saturated heterocycles. The monoisotopic (exact) mass is 392 g/mol. The molecule has 1 atom stereocenters. The number of rotatable bonds is 3. The van der Waals surface area contributed by atoms with Gasteiger partial charge in [-0.1, -0.05) is 30.3 Å². The molecule has 150 valence electrons. The highest BCUT2D eigenvalue weighted by atomic mass is 16.6. The third-order valence-electron chi connectivity index (χ3n) is 6.37. The van der Waals surface area contributed by atoms with Gasteiger partial charge in [-0.15, -0.1) is 0 Å². The first-order chi connectivity index (χ1) is 14.1. The number of ether oxygens (including phenoxy) is 1. The fourth-order valence-electron chi connectivity index (χ4n) is 4.84. The summed E-state index contributed by atoms with van der Waals surface area (Å²) in [6.45, 7) is 2.34. The first kappa shape index (κ1) is 18.1. The van der Waals surface area contributed by atoms with Crippen LogP contribution in [0.2, 0.25) is 0 Å². The van der Waals surface area contributed by atoms with Crippen LogP contribution in [-0.4, -0.2) is 64.6 Å². The van der Waals surface area contributed by atoms with Gasteiger partial charge < -0.3 is 9.64 Å². The summed E-state index contributed by atoms with van der Waals surface area (Å²) in [5.74, 6) is 0.739. The van der Waals surface area contributed by atoms with E-state index in [1.807, 2.05) is 41.4 Å². The van der Waals surface area contributed by atoms with Crippen molar-refractivity contribution in [1.82, 2.24) is 19.8 Å². The third-order valence-corrected chi connectivity index (χ3v) is 6.37. The quantitative estimate of drug-likeness (QED) is 0.802. The Labute approximate surface area is 169 Å². The number of piperidine rings is 1. The third kappa shape index (κ3) is 3.24. The van der Waals surface area contributed by atoms with Crippen molar-refractivity contribution >= 4 is 12.0 Å². The number of likely N-dealkylation sites (tertiary alicyclic amines) is 1. The second kappa shape index (κ2) is 7.13. The van der Waals surface area contributed by atoms with Crippen molar-refractivity contribution in [2.45, 2.75) is 31.1 Å². The number of hydrogen-bond acceptors (Lipinski definition) is 5. The maximum atomic E-state index is 12.9. The second-order valence-corrected chi connectivity index (χ2v) is 8.17. The van der Waals surface area contributed by atoms with E-state index in [-0.39, 0.29) is 17.9 Å². The average molecular weight is 392 g/mol. The number of carbonyl (C=O) groups is 2. The van der Waals surface area contributed by atoms with E-state index >= 15 is 0 Å². The van der Waals surface area contributed by atoms with Gasteiger partial charge in [-0.3, -0.25) is 9.69 Å². The van der Waals surface area contributed by atoms with Crippen LogP contribution in [-0.2, 0) is 21.4 Å². The maximum absolute atomic E-state index is 12.9. The molecular weight excluding hydrogens is 368 g/mol. The molecule has 1 aromatic carbocycles. The van der Waals surface area contributed by atoms with Crippen LogP contribution in [0.5, 0.6) is 0 Å². The van der Waals surface area contributed by atoms with E-state index in [2.05, 4.69) is 4.98 Å². The van der Waals surface area contributed by atoms with Gasteiger partial charge in [-0.25, -0.2) is 14.8 Å². The van der Waals surface area contributed by atoms with Gasteiger partial charge in [0.15, 0.2) is 5.82 Å². The van der Waals surface area contributed by atoms with Crippen LogP contribution < -0.4 is 0 Å². The average Bonchev–Trinajstić information content (AvgIpc) is 3.32. The Morgan fingerprint density at radius 3 is 2.83 bits per heavy atom. The molecule has 1 spiro atoms. The largest absolute Gasteiger partial charge is 0.448 e. The molecule has 2 aliphatic heterocycles. The molecule has 2 amide bonds. The Bertz CT molecular complexity index is 944. The minimum atomic E-state index is -0.392. The van der Waals surface area contributed by atoms with Crippen LogP contribution in [0, 0.1) is 0 Å². The minimum Gasteiger partial charge on any atom is -0.448 e. The molecule has 1 aliphatic carbocycles. The molecule has 2 aromatic rings. The number of nitrogens with zero attached hydrogens (tertiary/aromatic N) is 4. The van der Waals surface area contributed by atoms with Gasteiger partial charge in [0.2, 0.25) is 5.91 Å². The van der Waals surface area contributed by atoms with Crippen molar-refractivity contribution in [3.05, 3.63) is 47.8 Å². The highest BCUT2D eigenvalue weighted by Crippen LogP contribution is 2.44. The van der Waals surface area contributed by atoms with Crippen LogP contribution in [0.3, 0.4) is 0 Å². The lowest BCUT2D eigenvalue weighted by atomic mass is 9.77. The summed E-state index contributed by atoms with van der Waals surface area (Å²) >= 11 is 0. The van der Waals surface area contributed by atoms with Gasteiger partial charge in [0.25, 0.3) is 0 Å². The van der Waals surface area contributed by atoms with Crippen LogP contribution >= 0.6 is 0 Å². The number of hydrogen-bond donors (Lipinski definition) is 0. The molecule has 3 aliphatic rings. The van der Waals surface area contributed by atoms with Crippen molar-refractivity contribution in [3.63, 3.8) is 0 Å². The minimum absolute atomic E-state index is 0.00582. The Hall–Kier alpha value is -2.96.